The Balaban J connectivity index is 1.60. The number of hydrogen-bond donors (Lipinski definition) is 1. The average Bonchev–Trinajstić information content (AvgIpc) is 3.33. The van der Waals surface area contributed by atoms with Gasteiger partial charge in [-0.2, -0.15) is 0 Å². The molecule has 1 saturated carbocycles. The maximum Gasteiger partial charge on any atom is 0.161 e. The van der Waals surface area contributed by atoms with Crippen molar-refractivity contribution in [3.63, 3.8) is 0 Å². The number of hydrogen-bond acceptors (Lipinski definition) is 3. The highest BCUT2D eigenvalue weighted by molar-refractivity contribution is 5.76. The van der Waals surface area contributed by atoms with Gasteiger partial charge in [-0.1, -0.05) is 6.07 Å². The summed E-state index contributed by atoms with van der Waals surface area (Å²) in [6.45, 7) is 0.913. The summed E-state index contributed by atoms with van der Waals surface area (Å²) in [6.07, 6.45) is 2.12. The number of benzene rings is 2. The monoisotopic (exact) mass is 329 g/mol. The fraction of sp³-hybridized carbons (Fsp3) is 0.278. The molecule has 124 valence electrons. The Labute approximate surface area is 137 Å². The predicted octanol–water partition coefficient (Wildman–Crippen LogP) is 3.85. The summed E-state index contributed by atoms with van der Waals surface area (Å²) in [7, 11) is 0. The highest BCUT2D eigenvalue weighted by atomic mass is 19.2. The average molecular weight is 329 g/mol. The number of nitrogen functional groups attached to an aromatic ring is 1. The molecule has 0 radical (unpaired) electrons. The van der Waals surface area contributed by atoms with Crippen molar-refractivity contribution >= 4 is 16.7 Å². The van der Waals surface area contributed by atoms with E-state index in [1.165, 1.54) is 6.07 Å². The van der Waals surface area contributed by atoms with E-state index in [4.69, 9.17) is 10.5 Å². The van der Waals surface area contributed by atoms with Crippen LogP contribution in [0.3, 0.4) is 0 Å². The molecular weight excluding hydrogens is 312 g/mol. The van der Waals surface area contributed by atoms with E-state index in [0.29, 0.717) is 41.5 Å². The fourth-order valence-corrected chi connectivity index (χ4v) is 2.89. The van der Waals surface area contributed by atoms with Crippen molar-refractivity contribution in [1.29, 1.82) is 0 Å². The number of rotatable bonds is 5. The molecule has 1 heterocycles. The first kappa shape index (κ1) is 14.9. The van der Waals surface area contributed by atoms with Gasteiger partial charge >= 0.3 is 0 Å². The van der Waals surface area contributed by atoms with E-state index in [1.807, 2.05) is 16.7 Å². The lowest BCUT2D eigenvalue weighted by molar-refractivity contribution is 0.298. The molecule has 1 aliphatic carbocycles. The third kappa shape index (κ3) is 2.79. The molecule has 0 unspecified atom stereocenters. The van der Waals surface area contributed by atoms with Crippen molar-refractivity contribution in [3.8, 4) is 5.75 Å². The standard InChI is InChI=1S/C18H17F2N3O/c19-14-9-16-17(10-15(14)20)23(18(22-16)11-4-5-11)6-7-24-13-3-1-2-12(21)8-13/h1-3,8-11H,4-7,21H2. The van der Waals surface area contributed by atoms with E-state index in [1.54, 1.807) is 12.1 Å². The van der Waals surface area contributed by atoms with Crippen LogP contribution in [-0.2, 0) is 6.54 Å². The molecule has 0 spiro atoms. The molecule has 0 atom stereocenters. The maximum absolute atomic E-state index is 13.6. The SMILES string of the molecule is Nc1cccc(OCCn2c(C3CC3)nc3cc(F)c(F)cc32)c1. The number of anilines is 1. The van der Waals surface area contributed by atoms with Gasteiger partial charge in [0.15, 0.2) is 11.6 Å². The van der Waals surface area contributed by atoms with E-state index in [0.717, 1.165) is 24.7 Å². The second-order valence-electron chi connectivity index (χ2n) is 6.07. The van der Waals surface area contributed by atoms with Crippen molar-refractivity contribution in [2.45, 2.75) is 25.3 Å². The Morgan fingerprint density at radius 3 is 2.71 bits per heavy atom. The van der Waals surface area contributed by atoms with Gasteiger partial charge in [-0.3, -0.25) is 0 Å². The zero-order valence-corrected chi connectivity index (χ0v) is 13.0. The van der Waals surface area contributed by atoms with Gasteiger partial charge in [0, 0.05) is 29.8 Å². The molecule has 0 bridgehead atoms. The van der Waals surface area contributed by atoms with Crippen LogP contribution in [0.25, 0.3) is 11.0 Å². The van der Waals surface area contributed by atoms with Gasteiger partial charge < -0.3 is 15.0 Å². The highest BCUT2D eigenvalue weighted by Gasteiger charge is 2.30. The molecule has 4 rings (SSSR count). The van der Waals surface area contributed by atoms with Gasteiger partial charge in [-0.15, -0.1) is 0 Å². The molecule has 1 aliphatic rings. The second-order valence-corrected chi connectivity index (χ2v) is 6.07. The molecule has 24 heavy (non-hydrogen) atoms. The minimum absolute atomic E-state index is 0.371. The van der Waals surface area contributed by atoms with Crippen LogP contribution in [0, 0.1) is 11.6 Å². The third-order valence-electron chi connectivity index (χ3n) is 4.20. The van der Waals surface area contributed by atoms with Gasteiger partial charge in [-0.25, -0.2) is 13.8 Å². The Hall–Kier alpha value is -2.63. The van der Waals surface area contributed by atoms with Crippen molar-refractivity contribution in [2.75, 3.05) is 12.3 Å². The fourth-order valence-electron chi connectivity index (χ4n) is 2.89. The van der Waals surface area contributed by atoms with Crippen LogP contribution in [0.15, 0.2) is 36.4 Å². The van der Waals surface area contributed by atoms with E-state index in [9.17, 15) is 8.78 Å². The van der Waals surface area contributed by atoms with Crippen LogP contribution in [-0.4, -0.2) is 16.2 Å². The molecule has 0 aliphatic heterocycles. The normalized spacial score (nSPS) is 14.2. The molecule has 1 aromatic heterocycles. The first-order valence-electron chi connectivity index (χ1n) is 7.95. The summed E-state index contributed by atoms with van der Waals surface area (Å²) in [4.78, 5) is 4.50. The second kappa shape index (κ2) is 5.78. The van der Waals surface area contributed by atoms with Crippen molar-refractivity contribution in [2.24, 2.45) is 0 Å². The summed E-state index contributed by atoms with van der Waals surface area (Å²) in [5, 5.41) is 0. The summed E-state index contributed by atoms with van der Waals surface area (Å²) in [5.41, 5.74) is 7.46. The number of nitrogens with zero attached hydrogens (tertiary/aromatic N) is 2. The Morgan fingerprint density at radius 1 is 1.17 bits per heavy atom. The molecule has 3 aromatic rings. The van der Waals surface area contributed by atoms with Crippen LogP contribution in [0.2, 0.25) is 0 Å². The van der Waals surface area contributed by atoms with Gasteiger partial charge in [0.05, 0.1) is 17.6 Å². The molecule has 2 N–H and O–H groups in total. The number of nitrogens with two attached hydrogens (primary N) is 1. The molecule has 6 heteroatoms. The zero-order valence-electron chi connectivity index (χ0n) is 13.0. The molecule has 1 fully saturated rings. The first-order valence-corrected chi connectivity index (χ1v) is 7.95. The number of fused-ring (bicyclic) bond motifs is 1. The number of aromatic nitrogens is 2. The Morgan fingerprint density at radius 2 is 1.96 bits per heavy atom. The summed E-state index contributed by atoms with van der Waals surface area (Å²) >= 11 is 0. The minimum Gasteiger partial charge on any atom is -0.492 e. The molecule has 4 nitrogen and oxygen atoms in total. The van der Waals surface area contributed by atoms with E-state index in [-0.39, 0.29) is 0 Å². The number of imidazole rings is 1. The first-order chi connectivity index (χ1) is 11.6. The smallest absolute Gasteiger partial charge is 0.161 e. The highest BCUT2D eigenvalue weighted by Crippen LogP contribution is 2.40. The van der Waals surface area contributed by atoms with Gasteiger partial charge in [0.1, 0.15) is 18.2 Å². The number of halogens is 2. The van der Waals surface area contributed by atoms with Gasteiger partial charge in [0.2, 0.25) is 0 Å². The van der Waals surface area contributed by atoms with Crippen molar-refractivity contribution in [3.05, 3.63) is 53.9 Å². The maximum atomic E-state index is 13.6. The van der Waals surface area contributed by atoms with Gasteiger partial charge in [0.25, 0.3) is 0 Å². The topological polar surface area (TPSA) is 53.1 Å². The largest absolute Gasteiger partial charge is 0.492 e. The lowest BCUT2D eigenvalue weighted by Gasteiger charge is -2.11. The third-order valence-corrected chi connectivity index (χ3v) is 4.20. The molecule has 0 amide bonds. The van der Waals surface area contributed by atoms with E-state index >= 15 is 0 Å². The zero-order chi connectivity index (χ0) is 16.7. The summed E-state index contributed by atoms with van der Waals surface area (Å²) in [5.74, 6) is 0.208. The van der Waals surface area contributed by atoms with E-state index < -0.39 is 11.6 Å². The molecular formula is C18H17F2N3O. The molecule has 0 saturated heterocycles. The van der Waals surface area contributed by atoms with Gasteiger partial charge in [-0.05, 0) is 25.0 Å². The number of ether oxygens (including phenoxy) is 1. The Kier molecular flexibility index (Phi) is 3.59. The quantitative estimate of drug-likeness (QED) is 0.723. The van der Waals surface area contributed by atoms with Crippen molar-refractivity contribution < 1.29 is 13.5 Å². The summed E-state index contributed by atoms with van der Waals surface area (Å²) in [6, 6.07) is 9.57. The summed E-state index contributed by atoms with van der Waals surface area (Å²) < 4.78 is 34.7. The van der Waals surface area contributed by atoms with Crippen molar-refractivity contribution in [1.82, 2.24) is 9.55 Å². The van der Waals surface area contributed by atoms with E-state index in [2.05, 4.69) is 4.98 Å². The van der Waals surface area contributed by atoms with Crippen LogP contribution < -0.4 is 10.5 Å². The lowest BCUT2D eigenvalue weighted by Crippen LogP contribution is -2.11. The Bertz CT molecular complexity index is 903. The minimum atomic E-state index is -0.870. The lowest BCUT2D eigenvalue weighted by atomic mass is 10.3. The van der Waals surface area contributed by atoms with Crippen LogP contribution in [0.5, 0.6) is 5.75 Å². The predicted molar refractivity (Wildman–Crippen MR) is 88.0 cm³/mol. The molecule has 2 aromatic carbocycles. The van der Waals surface area contributed by atoms with Crippen LogP contribution in [0.1, 0.15) is 24.6 Å². The van der Waals surface area contributed by atoms with Crippen LogP contribution >= 0.6 is 0 Å². The van der Waals surface area contributed by atoms with Crippen LogP contribution in [0.4, 0.5) is 14.5 Å².